The van der Waals surface area contributed by atoms with E-state index in [9.17, 15) is 27.3 Å². The van der Waals surface area contributed by atoms with Gasteiger partial charge in [0.1, 0.15) is 11.8 Å². The predicted octanol–water partition coefficient (Wildman–Crippen LogP) is 4.74. The fraction of sp³-hybridized carbons (Fsp3) is 0.556. The molecule has 0 bridgehead atoms. The lowest BCUT2D eigenvalue weighted by atomic mass is 9.87. The third-order valence-electron chi connectivity index (χ3n) is 6.86. The molecule has 3 unspecified atom stereocenters. The summed E-state index contributed by atoms with van der Waals surface area (Å²) in [5.74, 6) is -0.258. The highest BCUT2D eigenvalue weighted by molar-refractivity contribution is 7.84. The fourth-order valence-electron chi connectivity index (χ4n) is 4.43. The van der Waals surface area contributed by atoms with Crippen molar-refractivity contribution < 1.29 is 41.9 Å². The van der Waals surface area contributed by atoms with Crippen molar-refractivity contribution in [3.63, 3.8) is 0 Å². The van der Waals surface area contributed by atoms with Gasteiger partial charge in [0.05, 0.1) is 40.7 Å². The maximum atomic E-state index is 14.4. The van der Waals surface area contributed by atoms with Gasteiger partial charge in [0.2, 0.25) is 5.60 Å². The number of nitrogens with zero attached hydrogens (tertiary/aromatic N) is 1. The van der Waals surface area contributed by atoms with Gasteiger partial charge in [-0.2, -0.15) is 13.2 Å². The lowest BCUT2D eigenvalue weighted by Crippen LogP contribution is -2.46. The van der Waals surface area contributed by atoms with Crippen LogP contribution in [-0.2, 0) is 28.5 Å². The number of methoxy groups -OCH3 is 1. The number of carbonyl (C=O) groups excluding carboxylic acids is 1. The summed E-state index contributed by atoms with van der Waals surface area (Å²) >= 11 is 6.33. The SMILES string of the molecule is COc1cc(C(=O)CCC(O)(c2cc3c(c(Cl)n2)CCC3(C)NS(=O)C(C)(C)C)C(F)(F)F)ccc1OCCO. The van der Waals surface area contributed by atoms with Crippen LogP contribution in [0.2, 0.25) is 5.15 Å². The van der Waals surface area contributed by atoms with Crippen molar-refractivity contribution in [3.8, 4) is 11.5 Å². The van der Waals surface area contributed by atoms with E-state index in [1.165, 1.54) is 25.3 Å². The van der Waals surface area contributed by atoms with E-state index >= 15 is 0 Å². The average molecular weight is 607 g/mol. The van der Waals surface area contributed by atoms with E-state index < -0.39 is 57.4 Å². The van der Waals surface area contributed by atoms with Crippen molar-refractivity contribution in [1.29, 1.82) is 0 Å². The van der Waals surface area contributed by atoms with Gasteiger partial charge >= 0.3 is 6.18 Å². The number of aromatic nitrogens is 1. The quantitative estimate of drug-likeness (QED) is 0.250. The van der Waals surface area contributed by atoms with Gasteiger partial charge in [0, 0.05) is 12.0 Å². The first-order chi connectivity index (χ1) is 18.5. The van der Waals surface area contributed by atoms with Gasteiger partial charge in [0.25, 0.3) is 0 Å². The number of ether oxygens (including phenoxy) is 2. The number of aliphatic hydroxyl groups excluding tert-OH is 1. The van der Waals surface area contributed by atoms with Crippen LogP contribution in [0.4, 0.5) is 13.2 Å². The van der Waals surface area contributed by atoms with Gasteiger partial charge in [0.15, 0.2) is 17.3 Å². The molecule has 222 valence electrons. The molecule has 8 nitrogen and oxygen atoms in total. The summed E-state index contributed by atoms with van der Waals surface area (Å²) in [7, 11) is -0.203. The number of ketones is 1. The Hall–Kier alpha value is -2.25. The molecule has 1 aromatic carbocycles. The zero-order chi connectivity index (χ0) is 30.1. The number of rotatable bonds is 11. The summed E-state index contributed by atoms with van der Waals surface area (Å²) in [5.41, 5.74) is -4.26. The summed E-state index contributed by atoms with van der Waals surface area (Å²) in [6.45, 7) is 6.77. The van der Waals surface area contributed by atoms with Crippen LogP contribution in [0.3, 0.4) is 0 Å². The fourth-order valence-corrected chi connectivity index (χ4v) is 5.64. The van der Waals surface area contributed by atoms with E-state index in [2.05, 4.69) is 9.71 Å². The maximum absolute atomic E-state index is 14.4. The van der Waals surface area contributed by atoms with Gasteiger partial charge < -0.3 is 19.7 Å². The molecule has 0 spiro atoms. The highest BCUT2D eigenvalue weighted by Crippen LogP contribution is 2.47. The molecule has 0 saturated carbocycles. The second-order valence-corrected chi connectivity index (χ2v) is 13.2. The highest BCUT2D eigenvalue weighted by atomic mass is 35.5. The molecule has 0 saturated heterocycles. The minimum absolute atomic E-state index is 0.0146. The van der Waals surface area contributed by atoms with Crippen molar-refractivity contribution in [3.05, 3.63) is 51.8 Å². The Bertz CT molecular complexity index is 1290. The van der Waals surface area contributed by atoms with Crippen molar-refractivity contribution >= 4 is 28.4 Å². The van der Waals surface area contributed by atoms with E-state index in [4.69, 9.17) is 26.2 Å². The first kappa shape index (κ1) is 32.3. The molecule has 3 N–H and O–H groups in total. The minimum atomic E-state index is -5.19. The second kappa shape index (κ2) is 11.9. The number of Topliss-reactive ketones (excluding diaryl/α,β-unsaturated/α-hetero) is 1. The van der Waals surface area contributed by atoms with Crippen LogP contribution in [0.5, 0.6) is 11.5 Å². The molecule has 1 aliphatic carbocycles. The molecule has 3 atom stereocenters. The Morgan fingerprint density at radius 3 is 2.48 bits per heavy atom. The lowest BCUT2D eigenvalue weighted by Gasteiger charge is -2.33. The van der Waals surface area contributed by atoms with E-state index in [-0.39, 0.29) is 35.4 Å². The van der Waals surface area contributed by atoms with Crippen molar-refractivity contribution in [2.24, 2.45) is 0 Å². The molecule has 1 heterocycles. The van der Waals surface area contributed by atoms with E-state index in [1.807, 2.05) is 0 Å². The zero-order valence-electron chi connectivity index (χ0n) is 22.9. The van der Waals surface area contributed by atoms with Crippen molar-refractivity contribution in [2.75, 3.05) is 20.3 Å². The zero-order valence-corrected chi connectivity index (χ0v) is 24.5. The Morgan fingerprint density at radius 2 is 1.90 bits per heavy atom. The van der Waals surface area contributed by atoms with Crippen LogP contribution in [0.1, 0.15) is 74.1 Å². The van der Waals surface area contributed by atoms with Gasteiger partial charge in [-0.25, -0.2) is 13.9 Å². The molecule has 0 radical (unpaired) electrons. The van der Waals surface area contributed by atoms with Gasteiger partial charge in [-0.05, 0) is 82.3 Å². The Morgan fingerprint density at radius 1 is 1.23 bits per heavy atom. The number of fused-ring (bicyclic) bond motifs is 1. The molecular weight excluding hydrogens is 573 g/mol. The number of halogens is 4. The number of benzene rings is 1. The molecule has 0 fully saturated rings. The maximum Gasteiger partial charge on any atom is 0.422 e. The molecule has 1 aromatic heterocycles. The minimum Gasteiger partial charge on any atom is -0.493 e. The molecular formula is C27H34ClF3N2O6S. The Labute approximate surface area is 238 Å². The number of carbonyl (C=O) groups is 1. The molecule has 13 heteroatoms. The Kier molecular flexibility index (Phi) is 9.62. The molecule has 40 heavy (non-hydrogen) atoms. The van der Waals surface area contributed by atoms with Crippen molar-refractivity contribution in [2.45, 2.75) is 75.4 Å². The van der Waals surface area contributed by atoms with Gasteiger partial charge in [-0.1, -0.05) is 11.6 Å². The number of nitrogens with one attached hydrogen (secondary N) is 1. The summed E-state index contributed by atoms with van der Waals surface area (Å²) in [4.78, 5) is 16.8. The summed E-state index contributed by atoms with van der Waals surface area (Å²) in [6, 6.07) is 5.24. The standard InChI is InChI=1S/C27H34ClF3N2O6S/c1-24(2,3)40(37)33-25(4)10-8-17-18(25)15-22(32-23(17)28)26(36,27(29,30)31)11-9-19(35)16-6-7-20(39-13-12-34)21(14-16)38-5/h6-7,14-15,33-34,36H,8-13H2,1-5H3. The predicted molar refractivity (Wildman–Crippen MR) is 145 cm³/mol. The van der Waals surface area contributed by atoms with Crippen LogP contribution in [0, 0.1) is 0 Å². The first-order valence-corrected chi connectivity index (χ1v) is 14.1. The van der Waals surface area contributed by atoms with E-state index in [0.717, 1.165) is 6.07 Å². The van der Waals surface area contributed by atoms with Gasteiger partial charge in [-0.15, -0.1) is 0 Å². The third-order valence-corrected chi connectivity index (χ3v) is 8.92. The average Bonchev–Trinajstić information content (AvgIpc) is 3.20. The smallest absolute Gasteiger partial charge is 0.422 e. The number of hydrogen-bond donors (Lipinski definition) is 3. The summed E-state index contributed by atoms with van der Waals surface area (Å²) in [6.07, 6.45) is -6.06. The topological polar surface area (TPSA) is 118 Å². The molecule has 1 aliphatic rings. The Balaban J connectivity index is 1.94. The van der Waals surface area contributed by atoms with Crippen LogP contribution >= 0.6 is 11.6 Å². The molecule has 2 aromatic rings. The molecule has 3 rings (SSSR count). The monoisotopic (exact) mass is 606 g/mol. The van der Waals surface area contributed by atoms with Crippen LogP contribution in [0.25, 0.3) is 0 Å². The highest BCUT2D eigenvalue weighted by Gasteiger charge is 2.56. The lowest BCUT2D eigenvalue weighted by molar-refractivity contribution is -0.270. The largest absolute Gasteiger partial charge is 0.493 e. The summed E-state index contributed by atoms with van der Waals surface area (Å²) < 4.78 is 69.0. The van der Waals surface area contributed by atoms with Crippen LogP contribution in [0.15, 0.2) is 24.3 Å². The number of pyridine rings is 1. The molecule has 0 amide bonds. The summed E-state index contributed by atoms with van der Waals surface area (Å²) in [5, 5.41) is 19.8. The number of hydrogen-bond acceptors (Lipinski definition) is 7. The molecule has 0 aliphatic heterocycles. The van der Waals surface area contributed by atoms with Crippen LogP contribution in [-0.4, -0.2) is 56.4 Å². The van der Waals surface area contributed by atoms with Crippen LogP contribution < -0.4 is 14.2 Å². The third kappa shape index (κ3) is 6.62. The van der Waals surface area contributed by atoms with E-state index in [0.29, 0.717) is 24.0 Å². The number of alkyl halides is 3. The second-order valence-electron chi connectivity index (χ2n) is 10.9. The first-order valence-electron chi connectivity index (χ1n) is 12.6. The normalized spacial score (nSPS) is 19.6. The number of aliphatic hydroxyl groups is 2. The van der Waals surface area contributed by atoms with E-state index in [1.54, 1.807) is 27.7 Å². The van der Waals surface area contributed by atoms with Gasteiger partial charge in [-0.3, -0.25) is 4.79 Å². The van der Waals surface area contributed by atoms with Crippen molar-refractivity contribution in [1.82, 2.24) is 9.71 Å².